The number of aliphatic hydroxyl groups excluding tert-OH is 1. The Balaban J connectivity index is 1.91. The third kappa shape index (κ3) is 4.31. The normalized spacial score (nSPS) is 30.5. The van der Waals surface area contributed by atoms with Crippen molar-refractivity contribution in [2.45, 2.75) is 63.9 Å². The average Bonchev–Trinajstić information content (AvgIpc) is 2.69. The van der Waals surface area contributed by atoms with Gasteiger partial charge in [0.2, 0.25) is 0 Å². The van der Waals surface area contributed by atoms with E-state index >= 15 is 0 Å². The summed E-state index contributed by atoms with van der Waals surface area (Å²) in [6.07, 6.45) is 0.472. The van der Waals surface area contributed by atoms with Gasteiger partial charge in [-0.2, -0.15) is 0 Å². The monoisotopic (exact) mass is 300 g/mol. The van der Waals surface area contributed by atoms with Gasteiger partial charge in [-0.05, 0) is 40.5 Å². The van der Waals surface area contributed by atoms with E-state index < -0.39 is 17.3 Å². The minimum absolute atomic E-state index is 0.0615. The number of likely N-dealkylation sites (tertiary alicyclic amines) is 2. The summed E-state index contributed by atoms with van der Waals surface area (Å²) in [6, 6.07) is -0.0615. The Bertz CT molecular complexity index is 382. The molecule has 1 amide bonds. The predicted octanol–water partition coefficient (Wildman–Crippen LogP) is 0.813. The van der Waals surface area contributed by atoms with Crippen molar-refractivity contribution in [2.75, 3.05) is 26.2 Å². The number of aliphatic hydroxyl groups is 2. The standard InChI is InChI=1S/C15H28N2O4/c1-14(2,3)21-13(19)17-9-11(12(18)10-17)16-7-5-15(4,20)6-8-16/h11-12,18,20H,5-10H2,1-4H3/t11-,12-/m1/s1. The fourth-order valence-corrected chi connectivity index (χ4v) is 2.94. The lowest BCUT2D eigenvalue weighted by atomic mass is 9.92. The van der Waals surface area contributed by atoms with Crippen molar-refractivity contribution >= 4 is 6.09 Å². The van der Waals surface area contributed by atoms with E-state index in [2.05, 4.69) is 4.90 Å². The maximum atomic E-state index is 12.1. The van der Waals surface area contributed by atoms with Crippen LogP contribution in [0.1, 0.15) is 40.5 Å². The molecule has 6 nitrogen and oxygen atoms in total. The highest BCUT2D eigenvalue weighted by Gasteiger charge is 2.41. The molecular weight excluding hydrogens is 272 g/mol. The maximum absolute atomic E-state index is 12.1. The molecule has 21 heavy (non-hydrogen) atoms. The van der Waals surface area contributed by atoms with Gasteiger partial charge in [-0.15, -0.1) is 0 Å². The number of hydrogen-bond acceptors (Lipinski definition) is 5. The number of carbonyl (C=O) groups is 1. The molecule has 2 saturated heterocycles. The molecule has 2 aliphatic rings. The smallest absolute Gasteiger partial charge is 0.410 e. The SMILES string of the molecule is CC1(O)CCN([C@@H]2CN(C(=O)OC(C)(C)C)C[C@H]2O)CC1. The van der Waals surface area contributed by atoms with Crippen LogP contribution in [0.3, 0.4) is 0 Å². The lowest BCUT2D eigenvalue weighted by molar-refractivity contribution is -0.0287. The molecule has 2 N–H and O–H groups in total. The molecule has 0 aliphatic carbocycles. The zero-order valence-electron chi connectivity index (χ0n) is 13.5. The summed E-state index contributed by atoms with van der Waals surface area (Å²) in [7, 11) is 0. The van der Waals surface area contributed by atoms with Crippen LogP contribution < -0.4 is 0 Å². The molecule has 0 bridgehead atoms. The molecule has 0 aromatic heterocycles. The molecule has 0 aromatic carbocycles. The van der Waals surface area contributed by atoms with Crippen molar-refractivity contribution in [3.8, 4) is 0 Å². The van der Waals surface area contributed by atoms with Crippen LogP contribution >= 0.6 is 0 Å². The van der Waals surface area contributed by atoms with Crippen LogP contribution in [0.4, 0.5) is 4.79 Å². The Hall–Kier alpha value is -0.850. The second-order valence-electron chi connectivity index (χ2n) is 7.55. The van der Waals surface area contributed by atoms with Gasteiger partial charge in [-0.3, -0.25) is 4.90 Å². The molecule has 0 unspecified atom stereocenters. The molecular formula is C15H28N2O4. The number of amides is 1. The van der Waals surface area contributed by atoms with E-state index in [9.17, 15) is 15.0 Å². The molecule has 2 rings (SSSR count). The predicted molar refractivity (Wildman–Crippen MR) is 79.0 cm³/mol. The highest BCUT2D eigenvalue weighted by atomic mass is 16.6. The Labute approximate surface area is 126 Å². The van der Waals surface area contributed by atoms with Crippen LogP contribution in [0.2, 0.25) is 0 Å². The number of carbonyl (C=O) groups excluding carboxylic acids is 1. The Morgan fingerprint density at radius 1 is 1.24 bits per heavy atom. The van der Waals surface area contributed by atoms with E-state index in [1.807, 2.05) is 27.7 Å². The summed E-state index contributed by atoms with van der Waals surface area (Å²) in [5.74, 6) is 0. The third-order valence-electron chi connectivity index (χ3n) is 4.25. The summed E-state index contributed by atoms with van der Waals surface area (Å²) in [5, 5.41) is 20.2. The first-order valence-electron chi connectivity index (χ1n) is 7.70. The van der Waals surface area contributed by atoms with E-state index in [4.69, 9.17) is 4.74 Å². The number of piperidine rings is 1. The molecule has 122 valence electrons. The molecule has 2 aliphatic heterocycles. The van der Waals surface area contributed by atoms with E-state index in [-0.39, 0.29) is 12.1 Å². The number of rotatable bonds is 1. The fourth-order valence-electron chi connectivity index (χ4n) is 2.94. The van der Waals surface area contributed by atoms with Gasteiger partial charge in [0.15, 0.2) is 0 Å². The first-order chi connectivity index (χ1) is 9.57. The number of hydrogen-bond donors (Lipinski definition) is 2. The molecule has 0 aromatic rings. The van der Waals surface area contributed by atoms with Gasteiger partial charge in [0, 0.05) is 19.6 Å². The molecule has 0 spiro atoms. The number of nitrogens with zero attached hydrogens (tertiary/aromatic N) is 2. The highest BCUT2D eigenvalue weighted by Crippen LogP contribution is 2.26. The van der Waals surface area contributed by atoms with Crippen LogP contribution in [0.25, 0.3) is 0 Å². The molecule has 2 atom stereocenters. The second-order valence-corrected chi connectivity index (χ2v) is 7.55. The zero-order chi connectivity index (χ0) is 15.8. The first-order valence-corrected chi connectivity index (χ1v) is 7.70. The van der Waals surface area contributed by atoms with Crippen molar-refractivity contribution in [3.05, 3.63) is 0 Å². The van der Waals surface area contributed by atoms with Crippen LogP contribution in [-0.4, -0.2) is 75.6 Å². The molecule has 2 heterocycles. The Morgan fingerprint density at radius 2 is 1.81 bits per heavy atom. The van der Waals surface area contributed by atoms with Gasteiger partial charge in [0.1, 0.15) is 5.60 Å². The van der Waals surface area contributed by atoms with Gasteiger partial charge in [0.05, 0.1) is 24.3 Å². The van der Waals surface area contributed by atoms with Gasteiger partial charge in [0.25, 0.3) is 0 Å². The largest absolute Gasteiger partial charge is 0.444 e. The van der Waals surface area contributed by atoms with E-state index in [1.165, 1.54) is 0 Å². The summed E-state index contributed by atoms with van der Waals surface area (Å²) >= 11 is 0. The molecule has 0 saturated carbocycles. The van der Waals surface area contributed by atoms with Gasteiger partial charge in [-0.1, -0.05) is 0 Å². The minimum atomic E-state index is -0.606. The summed E-state index contributed by atoms with van der Waals surface area (Å²) in [6.45, 7) is 9.64. The number of β-amino-alcohol motifs (C(OH)–C–C–N with tert-alkyl or cyclic N) is 1. The second kappa shape index (κ2) is 5.74. The van der Waals surface area contributed by atoms with E-state index in [1.54, 1.807) is 4.90 Å². The Morgan fingerprint density at radius 3 is 2.33 bits per heavy atom. The van der Waals surface area contributed by atoms with Crippen molar-refractivity contribution in [1.82, 2.24) is 9.80 Å². The minimum Gasteiger partial charge on any atom is -0.444 e. The van der Waals surface area contributed by atoms with Crippen LogP contribution in [0.5, 0.6) is 0 Å². The summed E-state index contributed by atoms with van der Waals surface area (Å²) < 4.78 is 5.36. The fraction of sp³-hybridized carbons (Fsp3) is 0.933. The number of ether oxygens (including phenoxy) is 1. The lowest BCUT2D eigenvalue weighted by Crippen LogP contribution is -2.51. The lowest BCUT2D eigenvalue weighted by Gasteiger charge is -2.39. The quantitative estimate of drug-likeness (QED) is 0.750. The van der Waals surface area contributed by atoms with Crippen LogP contribution in [0, 0.1) is 0 Å². The Kier molecular flexibility index (Phi) is 4.52. The zero-order valence-corrected chi connectivity index (χ0v) is 13.5. The molecule has 0 radical (unpaired) electrons. The molecule has 6 heteroatoms. The van der Waals surface area contributed by atoms with Crippen molar-refractivity contribution in [2.24, 2.45) is 0 Å². The van der Waals surface area contributed by atoms with E-state index in [0.29, 0.717) is 25.9 Å². The third-order valence-corrected chi connectivity index (χ3v) is 4.25. The van der Waals surface area contributed by atoms with Gasteiger partial charge in [-0.25, -0.2) is 4.79 Å². The van der Waals surface area contributed by atoms with E-state index in [0.717, 1.165) is 13.1 Å². The summed E-state index contributed by atoms with van der Waals surface area (Å²) in [5.41, 5.74) is -1.13. The van der Waals surface area contributed by atoms with Crippen LogP contribution in [0.15, 0.2) is 0 Å². The first kappa shape index (κ1) is 16.5. The maximum Gasteiger partial charge on any atom is 0.410 e. The molecule has 2 fully saturated rings. The average molecular weight is 300 g/mol. The summed E-state index contributed by atoms with van der Waals surface area (Å²) in [4.78, 5) is 15.8. The highest BCUT2D eigenvalue weighted by molar-refractivity contribution is 5.68. The van der Waals surface area contributed by atoms with Crippen LogP contribution in [-0.2, 0) is 4.74 Å². The van der Waals surface area contributed by atoms with Gasteiger partial charge < -0.3 is 19.8 Å². The van der Waals surface area contributed by atoms with Crippen molar-refractivity contribution in [3.63, 3.8) is 0 Å². The van der Waals surface area contributed by atoms with Crippen molar-refractivity contribution < 1.29 is 19.7 Å². The topological polar surface area (TPSA) is 73.2 Å². The van der Waals surface area contributed by atoms with Crippen molar-refractivity contribution in [1.29, 1.82) is 0 Å². The van der Waals surface area contributed by atoms with Gasteiger partial charge >= 0.3 is 6.09 Å².